The molecule has 0 amide bonds. The molecule has 35 heavy (non-hydrogen) atoms. The molecule has 0 radical (unpaired) electrons. The predicted molar refractivity (Wildman–Crippen MR) is 125 cm³/mol. The maximum absolute atomic E-state index is 14.2. The first-order chi connectivity index (χ1) is 17.1. The van der Waals surface area contributed by atoms with Crippen LogP contribution in [0.1, 0.15) is 12.2 Å². The molecule has 2 fully saturated rings. The van der Waals surface area contributed by atoms with Gasteiger partial charge in [-0.05, 0) is 12.1 Å². The first kappa shape index (κ1) is 23.2. The molecule has 2 aliphatic heterocycles. The molecule has 1 aromatic carbocycles. The summed E-state index contributed by atoms with van der Waals surface area (Å²) in [5, 5.41) is 9.00. The Morgan fingerprint density at radius 3 is 2.34 bits per heavy atom. The number of imidazole rings is 1. The number of rotatable bonds is 6. The highest BCUT2D eigenvalue weighted by Crippen LogP contribution is 2.33. The molecule has 10 nitrogen and oxygen atoms in total. The normalized spacial score (nSPS) is 17.2. The van der Waals surface area contributed by atoms with Crippen molar-refractivity contribution in [3.8, 4) is 17.8 Å². The minimum Gasteiger partial charge on any atom is -0.494 e. The maximum atomic E-state index is 14.2. The maximum Gasteiger partial charge on any atom is 0.296 e. The van der Waals surface area contributed by atoms with Crippen molar-refractivity contribution in [1.29, 1.82) is 5.26 Å². The quantitative estimate of drug-likeness (QED) is 0.488. The molecular weight excluding hydrogens is 458 g/mol. The molecule has 2 aromatic heterocycles. The molecule has 0 unspecified atom stereocenters. The SMILES string of the molecule is COc1cccc2c1nc(C(F)F)n2-c1nc(N2CCOCC2)cc(N2CCN(CC#N)CC2)n1. The summed E-state index contributed by atoms with van der Waals surface area (Å²) in [6.07, 6.45) is -2.83. The van der Waals surface area contributed by atoms with Gasteiger partial charge in [0, 0.05) is 45.3 Å². The molecule has 0 atom stereocenters. The van der Waals surface area contributed by atoms with Gasteiger partial charge < -0.3 is 19.3 Å². The van der Waals surface area contributed by atoms with Crippen LogP contribution in [0.25, 0.3) is 17.0 Å². The zero-order valence-electron chi connectivity index (χ0n) is 19.4. The lowest BCUT2D eigenvalue weighted by molar-refractivity contribution is 0.122. The number of ether oxygens (including phenoxy) is 2. The second kappa shape index (κ2) is 9.97. The third-order valence-corrected chi connectivity index (χ3v) is 6.30. The van der Waals surface area contributed by atoms with Gasteiger partial charge in [0.05, 0.1) is 38.5 Å². The highest BCUT2D eigenvalue weighted by molar-refractivity contribution is 5.84. The van der Waals surface area contributed by atoms with Crippen molar-refractivity contribution in [3.05, 3.63) is 30.1 Å². The van der Waals surface area contributed by atoms with Crippen molar-refractivity contribution >= 4 is 22.7 Å². The number of hydrogen-bond donors (Lipinski definition) is 0. The van der Waals surface area contributed by atoms with Crippen molar-refractivity contribution < 1.29 is 18.3 Å². The zero-order chi connectivity index (χ0) is 24.4. The average molecular weight is 485 g/mol. The number of alkyl halides is 2. The van der Waals surface area contributed by atoms with Crippen molar-refractivity contribution in [1.82, 2.24) is 24.4 Å². The number of aromatic nitrogens is 4. The number of methoxy groups -OCH3 is 1. The molecular formula is C23H26F2N8O2. The van der Waals surface area contributed by atoms with Crippen LogP contribution in [-0.2, 0) is 4.74 Å². The number of nitrogens with zero attached hydrogens (tertiary/aromatic N) is 8. The van der Waals surface area contributed by atoms with E-state index in [9.17, 15) is 8.78 Å². The van der Waals surface area contributed by atoms with Crippen molar-refractivity contribution in [3.63, 3.8) is 0 Å². The smallest absolute Gasteiger partial charge is 0.296 e. The Kier molecular flexibility index (Phi) is 6.61. The first-order valence-corrected chi connectivity index (χ1v) is 11.5. The van der Waals surface area contributed by atoms with E-state index < -0.39 is 12.2 Å². The van der Waals surface area contributed by atoms with Gasteiger partial charge in [0.2, 0.25) is 5.95 Å². The number of benzene rings is 1. The highest BCUT2D eigenvalue weighted by Gasteiger charge is 2.27. The van der Waals surface area contributed by atoms with E-state index in [1.165, 1.54) is 11.7 Å². The number of anilines is 2. The van der Waals surface area contributed by atoms with E-state index in [2.05, 4.69) is 25.8 Å². The van der Waals surface area contributed by atoms with Gasteiger partial charge >= 0.3 is 0 Å². The number of piperazine rings is 1. The van der Waals surface area contributed by atoms with Crippen LogP contribution in [0.2, 0.25) is 0 Å². The summed E-state index contributed by atoms with van der Waals surface area (Å²) in [4.78, 5) is 19.9. The van der Waals surface area contributed by atoms with Crippen LogP contribution in [0.15, 0.2) is 24.3 Å². The van der Waals surface area contributed by atoms with Crippen molar-refractivity contribution in [2.45, 2.75) is 6.43 Å². The third-order valence-electron chi connectivity index (χ3n) is 6.30. The Hall–Kier alpha value is -3.56. The Morgan fingerprint density at radius 1 is 1.03 bits per heavy atom. The minimum absolute atomic E-state index is 0.134. The lowest BCUT2D eigenvalue weighted by Crippen LogP contribution is -2.47. The Morgan fingerprint density at radius 2 is 1.71 bits per heavy atom. The summed E-state index contributed by atoms with van der Waals surface area (Å²) >= 11 is 0. The molecule has 184 valence electrons. The topological polar surface area (TPSA) is 95.6 Å². The molecule has 0 N–H and O–H groups in total. The second-order valence-corrected chi connectivity index (χ2v) is 8.34. The van der Waals surface area contributed by atoms with Crippen molar-refractivity contribution in [2.24, 2.45) is 0 Å². The molecule has 0 spiro atoms. The number of halogens is 2. The van der Waals surface area contributed by atoms with Crippen LogP contribution >= 0.6 is 0 Å². The number of fused-ring (bicyclic) bond motifs is 1. The molecule has 2 saturated heterocycles. The fourth-order valence-electron chi connectivity index (χ4n) is 4.47. The van der Waals surface area contributed by atoms with Crippen LogP contribution in [0.5, 0.6) is 5.75 Å². The van der Waals surface area contributed by atoms with Gasteiger partial charge in [0.15, 0.2) is 5.82 Å². The van der Waals surface area contributed by atoms with E-state index in [4.69, 9.17) is 24.7 Å². The predicted octanol–water partition coefficient (Wildman–Crippen LogP) is 2.24. The minimum atomic E-state index is -2.83. The fraction of sp³-hybridized carbons (Fsp3) is 0.478. The Bertz CT molecular complexity index is 1230. The Balaban J connectivity index is 1.62. The lowest BCUT2D eigenvalue weighted by atomic mass is 10.3. The van der Waals surface area contributed by atoms with Gasteiger partial charge in [-0.15, -0.1) is 0 Å². The van der Waals surface area contributed by atoms with E-state index in [1.54, 1.807) is 18.2 Å². The molecule has 0 aliphatic carbocycles. The van der Waals surface area contributed by atoms with Crippen LogP contribution in [0.4, 0.5) is 20.4 Å². The number of para-hydroxylation sites is 1. The van der Waals surface area contributed by atoms with Crippen LogP contribution < -0.4 is 14.5 Å². The monoisotopic (exact) mass is 484 g/mol. The van der Waals surface area contributed by atoms with E-state index in [0.717, 1.165) is 0 Å². The molecule has 12 heteroatoms. The second-order valence-electron chi connectivity index (χ2n) is 8.34. The highest BCUT2D eigenvalue weighted by atomic mass is 19.3. The summed E-state index contributed by atoms with van der Waals surface area (Å²) in [5.41, 5.74) is 0.779. The van der Waals surface area contributed by atoms with Gasteiger partial charge in [-0.1, -0.05) is 6.07 Å². The summed E-state index contributed by atoms with van der Waals surface area (Å²) in [6.45, 7) is 5.56. The van der Waals surface area contributed by atoms with Crippen LogP contribution in [-0.4, -0.2) is 90.6 Å². The van der Waals surface area contributed by atoms with Gasteiger partial charge in [-0.2, -0.15) is 15.2 Å². The van der Waals surface area contributed by atoms with Gasteiger partial charge in [-0.3, -0.25) is 9.47 Å². The summed E-state index contributed by atoms with van der Waals surface area (Å²) in [7, 11) is 1.48. The molecule has 2 aliphatic rings. The molecule has 0 bridgehead atoms. The molecule has 3 aromatic rings. The lowest BCUT2D eigenvalue weighted by Gasteiger charge is -2.35. The molecule has 4 heterocycles. The van der Waals surface area contributed by atoms with Gasteiger partial charge in [0.25, 0.3) is 6.43 Å². The van der Waals surface area contributed by atoms with Gasteiger partial charge in [0.1, 0.15) is 22.9 Å². The summed E-state index contributed by atoms with van der Waals surface area (Å²) in [6, 6.07) is 9.21. The first-order valence-electron chi connectivity index (χ1n) is 11.5. The van der Waals surface area contributed by atoms with Crippen LogP contribution in [0.3, 0.4) is 0 Å². The number of morpholine rings is 1. The fourth-order valence-corrected chi connectivity index (χ4v) is 4.47. The van der Waals surface area contributed by atoms with E-state index in [0.29, 0.717) is 87.4 Å². The van der Waals surface area contributed by atoms with E-state index in [-0.39, 0.29) is 5.95 Å². The summed E-state index contributed by atoms with van der Waals surface area (Å²) < 4.78 is 40.5. The third kappa shape index (κ3) is 4.56. The molecule has 5 rings (SSSR count). The van der Waals surface area contributed by atoms with E-state index in [1.807, 2.05) is 6.07 Å². The number of nitriles is 1. The largest absolute Gasteiger partial charge is 0.494 e. The Labute approximate surface area is 201 Å². The van der Waals surface area contributed by atoms with Crippen LogP contribution in [0, 0.1) is 11.3 Å². The standard InChI is InChI=1S/C23H26F2N8O2/c1-34-17-4-2-3-16-20(17)29-22(21(24)25)33(16)23-27-18(31-9-7-30(6-5-26)8-10-31)15-19(28-23)32-11-13-35-14-12-32/h2-4,15,21H,6-14H2,1H3. The molecule has 0 saturated carbocycles. The number of hydrogen-bond acceptors (Lipinski definition) is 9. The van der Waals surface area contributed by atoms with Gasteiger partial charge in [-0.25, -0.2) is 13.8 Å². The zero-order valence-corrected chi connectivity index (χ0v) is 19.4. The average Bonchev–Trinajstić information content (AvgIpc) is 3.30. The van der Waals surface area contributed by atoms with E-state index >= 15 is 0 Å². The summed E-state index contributed by atoms with van der Waals surface area (Å²) in [5.74, 6) is 1.40. The van der Waals surface area contributed by atoms with Crippen molar-refractivity contribution in [2.75, 3.05) is 75.9 Å².